The maximum Gasteiger partial charge on any atom is 0.293 e. The summed E-state index contributed by atoms with van der Waals surface area (Å²) in [5.41, 5.74) is 2.67. The van der Waals surface area contributed by atoms with E-state index >= 15 is 0 Å². The van der Waals surface area contributed by atoms with Crippen molar-refractivity contribution in [1.29, 1.82) is 0 Å². The first kappa shape index (κ1) is 21.5. The molecule has 2 aliphatic rings. The Hall–Kier alpha value is -3.68. The highest BCUT2D eigenvalue weighted by Gasteiger charge is 2.41. The smallest absolute Gasteiger partial charge is 0.293 e. The molecule has 1 unspecified atom stereocenters. The van der Waals surface area contributed by atoms with Gasteiger partial charge in [0.05, 0.1) is 19.1 Å². The second-order valence-electron chi connectivity index (χ2n) is 7.99. The van der Waals surface area contributed by atoms with E-state index in [1.807, 2.05) is 6.07 Å². The van der Waals surface area contributed by atoms with Gasteiger partial charge in [0.25, 0.3) is 5.69 Å². The van der Waals surface area contributed by atoms with Crippen LogP contribution in [0.4, 0.5) is 11.4 Å². The van der Waals surface area contributed by atoms with Crippen LogP contribution in [0.15, 0.2) is 47.7 Å². The van der Waals surface area contributed by atoms with E-state index < -0.39 is 10.8 Å². The molecule has 1 aliphatic heterocycles. The first-order valence-electron chi connectivity index (χ1n) is 10.4. The number of allylic oxidation sites excluding steroid dienone is 2. The maximum atomic E-state index is 13.4. The predicted octanol–water partition coefficient (Wildman–Crippen LogP) is 4.45. The lowest BCUT2D eigenvalue weighted by Crippen LogP contribution is -2.40. The lowest BCUT2D eigenvalue weighted by Gasteiger charge is -2.38. The third-order valence-electron chi connectivity index (χ3n) is 6.05. The van der Waals surface area contributed by atoms with E-state index in [0.29, 0.717) is 42.0 Å². The van der Waals surface area contributed by atoms with Crippen molar-refractivity contribution in [2.24, 2.45) is 0 Å². The monoisotopic (exact) mass is 436 g/mol. The van der Waals surface area contributed by atoms with E-state index in [0.717, 1.165) is 11.1 Å². The predicted molar refractivity (Wildman–Crippen MR) is 118 cm³/mol. The molecule has 0 spiro atoms. The maximum absolute atomic E-state index is 13.4. The first-order chi connectivity index (χ1) is 15.3. The van der Waals surface area contributed by atoms with Gasteiger partial charge in [0.2, 0.25) is 5.91 Å². The normalized spacial score (nSPS) is 18.5. The number of carbonyl (C=O) groups excluding carboxylic acids is 2. The fourth-order valence-corrected chi connectivity index (χ4v) is 4.60. The second kappa shape index (κ2) is 8.45. The van der Waals surface area contributed by atoms with Crippen molar-refractivity contribution < 1.29 is 24.0 Å². The molecule has 2 aromatic rings. The largest absolute Gasteiger partial charge is 0.493 e. The number of aryl methyl sites for hydroxylation is 1. The van der Waals surface area contributed by atoms with Crippen LogP contribution < -0.4 is 14.4 Å². The lowest BCUT2D eigenvalue weighted by molar-refractivity contribution is -0.384. The number of hydrogen-bond donors (Lipinski definition) is 0. The van der Waals surface area contributed by atoms with Crippen LogP contribution in [0.1, 0.15) is 42.7 Å². The number of anilines is 1. The Bertz CT molecular complexity index is 1150. The Morgan fingerprint density at radius 1 is 1.03 bits per heavy atom. The van der Waals surface area contributed by atoms with Crippen molar-refractivity contribution >= 4 is 23.1 Å². The van der Waals surface area contributed by atoms with Gasteiger partial charge in [0, 0.05) is 36.1 Å². The summed E-state index contributed by atoms with van der Waals surface area (Å²) in [5.74, 6) is 0.327. The minimum Gasteiger partial charge on any atom is -0.493 e. The number of nitro benzene ring substituents is 1. The second-order valence-corrected chi connectivity index (χ2v) is 7.99. The van der Waals surface area contributed by atoms with Gasteiger partial charge < -0.3 is 9.47 Å². The average Bonchev–Trinajstić information content (AvgIpc) is 2.78. The summed E-state index contributed by atoms with van der Waals surface area (Å²) in [5, 5.41) is 11.7. The van der Waals surface area contributed by atoms with Crippen LogP contribution in [0.25, 0.3) is 0 Å². The molecule has 8 nitrogen and oxygen atoms in total. The van der Waals surface area contributed by atoms with Gasteiger partial charge in [-0.05, 0) is 49.1 Å². The van der Waals surface area contributed by atoms with E-state index in [9.17, 15) is 19.7 Å². The van der Waals surface area contributed by atoms with Gasteiger partial charge in [-0.15, -0.1) is 0 Å². The van der Waals surface area contributed by atoms with Crippen LogP contribution >= 0.6 is 0 Å². The molecule has 0 N–H and O–H groups in total. The van der Waals surface area contributed by atoms with Gasteiger partial charge in [-0.1, -0.05) is 12.1 Å². The summed E-state index contributed by atoms with van der Waals surface area (Å²) in [4.78, 5) is 39.1. The number of benzene rings is 2. The first-order valence-corrected chi connectivity index (χ1v) is 10.4. The fraction of sp³-hybridized carbons (Fsp3) is 0.333. The number of methoxy groups -OCH3 is 2. The van der Waals surface area contributed by atoms with Crippen LogP contribution in [0.3, 0.4) is 0 Å². The molecule has 1 amide bonds. The van der Waals surface area contributed by atoms with E-state index in [4.69, 9.17) is 9.47 Å². The standard InChI is InChI=1S/C24H24N2O6/c1-14-7-9-17(19(11-14)26(29)30)25-18-5-4-6-20(27)24(18)16(13-23(25)28)15-8-10-21(31-2)22(12-15)32-3/h7-12,16H,4-6,13H2,1-3H3. The van der Waals surface area contributed by atoms with Crippen LogP contribution in [-0.2, 0) is 9.59 Å². The van der Waals surface area contributed by atoms with Gasteiger partial charge in [0.1, 0.15) is 5.69 Å². The molecule has 0 saturated heterocycles. The summed E-state index contributed by atoms with van der Waals surface area (Å²) in [7, 11) is 3.07. The zero-order valence-corrected chi connectivity index (χ0v) is 18.2. The number of hydrogen-bond acceptors (Lipinski definition) is 6. The van der Waals surface area contributed by atoms with Crippen molar-refractivity contribution in [2.75, 3.05) is 19.1 Å². The number of carbonyl (C=O) groups is 2. The van der Waals surface area contributed by atoms with Crippen LogP contribution in [0, 0.1) is 17.0 Å². The van der Waals surface area contributed by atoms with Gasteiger partial charge in [-0.25, -0.2) is 0 Å². The van der Waals surface area contributed by atoms with Crippen molar-refractivity contribution in [1.82, 2.24) is 0 Å². The Labute approximate surface area is 185 Å². The minimum atomic E-state index is -0.485. The Kier molecular flexibility index (Phi) is 5.69. The number of ether oxygens (including phenoxy) is 2. The molecular weight excluding hydrogens is 412 g/mol. The Balaban J connectivity index is 1.88. The molecule has 0 fully saturated rings. The van der Waals surface area contributed by atoms with Gasteiger partial charge >= 0.3 is 0 Å². The van der Waals surface area contributed by atoms with E-state index in [2.05, 4.69) is 0 Å². The van der Waals surface area contributed by atoms with Crippen molar-refractivity contribution in [3.8, 4) is 11.5 Å². The summed E-state index contributed by atoms with van der Waals surface area (Å²) < 4.78 is 10.7. The van der Waals surface area contributed by atoms with Crippen molar-refractivity contribution in [2.45, 2.75) is 38.5 Å². The molecule has 0 radical (unpaired) electrons. The number of nitro groups is 1. The summed E-state index contributed by atoms with van der Waals surface area (Å²) >= 11 is 0. The van der Waals surface area contributed by atoms with E-state index in [1.165, 1.54) is 18.1 Å². The molecular formula is C24H24N2O6. The summed E-state index contributed by atoms with van der Waals surface area (Å²) in [6, 6.07) is 10.1. The molecule has 2 aromatic carbocycles. The molecule has 1 heterocycles. The van der Waals surface area contributed by atoms with Gasteiger partial charge in [-0.3, -0.25) is 24.6 Å². The highest BCUT2D eigenvalue weighted by molar-refractivity contribution is 6.08. The quantitative estimate of drug-likeness (QED) is 0.507. The Morgan fingerprint density at radius 2 is 1.78 bits per heavy atom. The molecule has 0 bridgehead atoms. The highest BCUT2D eigenvalue weighted by Crippen LogP contribution is 2.46. The zero-order valence-electron chi connectivity index (χ0n) is 18.2. The molecule has 1 aliphatic carbocycles. The third kappa shape index (κ3) is 3.62. The molecule has 4 rings (SSSR count). The topological polar surface area (TPSA) is 99.0 Å². The average molecular weight is 436 g/mol. The molecule has 0 saturated carbocycles. The number of nitrogens with zero attached hydrogens (tertiary/aromatic N) is 2. The molecule has 0 aromatic heterocycles. The Morgan fingerprint density at radius 3 is 2.47 bits per heavy atom. The number of Topliss-reactive ketones (excluding diaryl/α,β-unsaturated/α-hetero) is 1. The molecule has 32 heavy (non-hydrogen) atoms. The number of rotatable bonds is 5. The van der Waals surface area contributed by atoms with Crippen LogP contribution in [0.5, 0.6) is 11.5 Å². The molecule has 8 heteroatoms. The summed E-state index contributed by atoms with van der Waals surface area (Å²) in [6.45, 7) is 1.76. The van der Waals surface area contributed by atoms with E-state index in [-0.39, 0.29) is 29.5 Å². The van der Waals surface area contributed by atoms with Crippen molar-refractivity contribution in [3.63, 3.8) is 0 Å². The number of amides is 1. The van der Waals surface area contributed by atoms with Gasteiger partial charge in [-0.2, -0.15) is 0 Å². The van der Waals surface area contributed by atoms with E-state index in [1.54, 1.807) is 38.3 Å². The van der Waals surface area contributed by atoms with Gasteiger partial charge in [0.15, 0.2) is 17.3 Å². The zero-order chi connectivity index (χ0) is 23.0. The summed E-state index contributed by atoms with van der Waals surface area (Å²) in [6.07, 6.45) is 1.52. The number of ketones is 1. The lowest BCUT2D eigenvalue weighted by atomic mass is 9.77. The third-order valence-corrected chi connectivity index (χ3v) is 6.05. The van der Waals surface area contributed by atoms with Crippen LogP contribution in [0.2, 0.25) is 0 Å². The highest BCUT2D eigenvalue weighted by atomic mass is 16.6. The molecule has 166 valence electrons. The molecule has 1 atom stereocenters. The van der Waals surface area contributed by atoms with Crippen molar-refractivity contribution in [3.05, 3.63) is 68.9 Å². The SMILES string of the molecule is COc1ccc(C2CC(=O)N(c3ccc(C)cc3[N+](=O)[O-])C3=C2C(=O)CCC3)cc1OC. The minimum absolute atomic E-state index is 0.0294. The fourth-order valence-electron chi connectivity index (χ4n) is 4.60. The van der Waals surface area contributed by atoms with Crippen LogP contribution in [-0.4, -0.2) is 30.8 Å².